The molecule has 0 bridgehead atoms. The molecule has 2 aromatic rings. The highest BCUT2D eigenvalue weighted by atomic mass is 15.0. The quantitative estimate of drug-likeness (QED) is 0.794. The van der Waals surface area contributed by atoms with Gasteiger partial charge in [0.2, 0.25) is 0 Å². The van der Waals surface area contributed by atoms with Crippen molar-refractivity contribution < 1.29 is 0 Å². The molecule has 1 aromatic heterocycles. The number of rotatable bonds is 4. The summed E-state index contributed by atoms with van der Waals surface area (Å²) in [7, 11) is 0. The molecule has 92 valence electrons. The number of imidazole rings is 1. The number of aromatic nitrogens is 2. The van der Waals surface area contributed by atoms with E-state index in [1.807, 2.05) is 18.2 Å². The van der Waals surface area contributed by atoms with Gasteiger partial charge in [0.05, 0.1) is 17.6 Å². The lowest BCUT2D eigenvalue weighted by Gasteiger charge is -2.17. The van der Waals surface area contributed by atoms with Crippen molar-refractivity contribution in [3.63, 3.8) is 0 Å². The monoisotopic (exact) mass is 231 g/mol. The van der Waals surface area contributed by atoms with E-state index >= 15 is 0 Å². The molecule has 0 fully saturated rings. The van der Waals surface area contributed by atoms with Crippen LogP contribution < -0.4 is 5.32 Å². The first kappa shape index (κ1) is 12.1. The highest BCUT2D eigenvalue weighted by molar-refractivity contribution is 5.74. The van der Waals surface area contributed by atoms with Crippen LogP contribution in [-0.4, -0.2) is 16.5 Å². The highest BCUT2D eigenvalue weighted by Crippen LogP contribution is 2.17. The fraction of sp³-hybridized carbons (Fsp3) is 0.500. The molecule has 1 heterocycles. The zero-order chi connectivity index (χ0) is 12.3. The number of benzene rings is 1. The molecule has 0 saturated heterocycles. The summed E-state index contributed by atoms with van der Waals surface area (Å²) < 4.78 is 0. The van der Waals surface area contributed by atoms with E-state index in [-0.39, 0.29) is 0 Å². The second-order valence-electron chi connectivity index (χ2n) is 5.69. The molecule has 0 spiro atoms. The first-order valence-electron chi connectivity index (χ1n) is 6.19. The summed E-state index contributed by atoms with van der Waals surface area (Å²) in [5, 5.41) is 3.43. The fourth-order valence-electron chi connectivity index (χ4n) is 1.76. The van der Waals surface area contributed by atoms with Crippen molar-refractivity contribution in [3.8, 4) is 0 Å². The summed E-state index contributed by atoms with van der Waals surface area (Å²) in [4.78, 5) is 7.85. The molecular weight excluding hydrogens is 210 g/mol. The third-order valence-corrected chi connectivity index (χ3v) is 2.78. The molecule has 0 unspecified atom stereocenters. The summed E-state index contributed by atoms with van der Waals surface area (Å²) in [5.41, 5.74) is 2.54. The standard InChI is InChI=1S/C14H21N3/c1-14(2,3)8-9-15-10-13-16-11-6-4-5-7-12(11)17-13/h4-7,15H,8-10H2,1-3H3,(H,16,17). The van der Waals surface area contributed by atoms with E-state index in [2.05, 4.69) is 42.1 Å². The van der Waals surface area contributed by atoms with Crippen molar-refractivity contribution in [2.24, 2.45) is 5.41 Å². The van der Waals surface area contributed by atoms with Gasteiger partial charge in [-0.25, -0.2) is 4.98 Å². The number of para-hydroxylation sites is 2. The third kappa shape index (κ3) is 3.56. The second kappa shape index (κ2) is 4.88. The predicted molar refractivity (Wildman–Crippen MR) is 71.9 cm³/mol. The molecule has 2 rings (SSSR count). The molecule has 3 nitrogen and oxygen atoms in total. The van der Waals surface area contributed by atoms with Crippen molar-refractivity contribution in [1.82, 2.24) is 15.3 Å². The molecule has 1 aromatic carbocycles. The molecular formula is C14H21N3. The lowest BCUT2D eigenvalue weighted by molar-refractivity contribution is 0.366. The smallest absolute Gasteiger partial charge is 0.121 e. The molecule has 0 aliphatic heterocycles. The number of hydrogen-bond acceptors (Lipinski definition) is 2. The van der Waals surface area contributed by atoms with Gasteiger partial charge in [0, 0.05) is 0 Å². The van der Waals surface area contributed by atoms with Crippen LogP contribution in [0.25, 0.3) is 11.0 Å². The van der Waals surface area contributed by atoms with E-state index < -0.39 is 0 Å². The number of fused-ring (bicyclic) bond motifs is 1. The Kier molecular flexibility index (Phi) is 3.48. The molecule has 0 atom stereocenters. The molecule has 0 amide bonds. The van der Waals surface area contributed by atoms with Gasteiger partial charge in [-0.3, -0.25) is 0 Å². The van der Waals surface area contributed by atoms with Gasteiger partial charge in [-0.2, -0.15) is 0 Å². The molecule has 0 aliphatic rings. The summed E-state index contributed by atoms with van der Waals surface area (Å²) in [6.45, 7) is 8.62. The summed E-state index contributed by atoms with van der Waals surface area (Å²) in [6.07, 6.45) is 1.17. The Morgan fingerprint density at radius 3 is 2.71 bits per heavy atom. The van der Waals surface area contributed by atoms with Gasteiger partial charge in [-0.1, -0.05) is 32.9 Å². The van der Waals surface area contributed by atoms with Crippen LogP contribution in [-0.2, 0) is 6.54 Å². The van der Waals surface area contributed by atoms with Crippen LogP contribution in [0.15, 0.2) is 24.3 Å². The zero-order valence-electron chi connectivity index (χ0n) is 10.9. The van der Waals surface area contributed by atoms with Crippen molar-refractivity contribution in [3.05, 3.63) is 30.1 Å². The van der Waals surface area contributed by atoms with Gasteiger partial charge >= 0.3 is 0 Å². The van der Waals surface area contributed by atoms with E-state index in [0.717, 1.165) is 29.9 Å². The minimum atomic E-state index is 0.390. The van der Waals surface area contributed by atoms with E-state index in [1.165, 1.54) is 6.42 Å². The van der Waals surface area contributed by atoms with Gasteiger partial charge < -0.3 is 10.3 Å². The molecule has 0 aliphatic carbocycles. The van der Waals surface area contributed by atoms with Crippen LogP contribution in [0.1, 0.15) is 33.0 Å². The predicted octanol–water partition coefficient (Wildman–Crippen LogP) is 3.09. The summed E-state index contributed by atoms with van der Waals surface area (Å²) in [6, 6.07) is 8.13. The largest absolute Gasteiger partial charge is 0.341 e. The molecule has 0 radical (unpaired) electrons. The van der Waals surface area contributed by atoms with E-state index in [1.54, 1.807) is 0 Å². The molecule has 3 heteroatoms. The van der Waals surface area contributed by atoms with Crippen LogP contribution in [0.4, 0.5) is 0 Å². The first-order chi connectivity index (χ1) is 8.04. The molecule has 2 N–H and O–H groups in total. The van der Waals surface area contributed by atoms with Crippen LogP contribution in [0.3, 0.4) is 0 Å². The Bertz CT molecular complexity index is 446. The zero-order valence-corrected chi connectivity index (χ0v) is 10.9. The molecule has 0 saturated carbocycles. The van der Waals surface area contributed by atoms with Gasteiger partial charge in [-0.05, 0) is 30.5 Å². The lowest BCUT2D eigenvalue weighted by Crippen LogP contribution is -2.20. The van der Waals surface area contributed by atoms with Gasteiger partial charge in [-0.15, -0.1) is 0 Å². The number of hydrogen-bond donors (Lipinski definition) is 2. The van der Waals surface area contributed by atoms with E-state index in [9.17, 15) is 0 Å². The number of H-pyrrole nitrogens is 1. The Morgan fingerprint density at radius 2 is 2.00 bits per heavy atom. The Balaban J connectivity index is 1.87. The van der Waals surface area contributed by atoms with Crippen molar-refractivity contribution in [2.75, 3.05) is 6.54 Å². The highest BCUT2D eigenvalue weighted by Gasteiger charge is 2.09. The normalized spacial score (nSPS) is 12.2. The minimum Gasteiger partial charge on any atom is -0.341 e. The van der Waals surface area contributed by atoms with Crippen LogP contribution >= 0.6 is 0 Å². The third-order valence-electron chi connectivity index (χ3n) is 2.78. The second-order valence-corrected chi connectivity index (χ2v) is 5.69. The fourth-order valence-corrected chi connectivity index (χ4v) is 1.76. The summed E-state index contributed by atoms with van der Waals surface area (Å²) in [5.74, 6) is 1.01. The van der Waals surface area contributed by atoms with E-state index in [0.29, 0.717) is 5.41 Å². The van der Waals surface area contributed by atoms with Gasteiger partial charge in [0.25, 0.3) is 0 Å². The van der Waals surface area contributed by atoms with Crippen molar-refractivity contribution in [1.29, 1.82) is 0 Å². The Morgan fingerprint density at radius 1 is 1.24 bits per heavy atom. The van der Waals surface area contributed by atoms with Gasteiger partial charge in [0.1, 0.15) is 5.82 Å². The number of nitrogens with one attached hydrogen (secondary N) is 2. The van der Waals surface area contributed by atoms with Crippen LogP contribution in [0.2, 0.25) is 0 Å². The maximum absolute atomic E-state index is 4.53. The topological polar surface area (TPSA) is 40.7 Å². The SMILES string of the molecule is CC(C)(C)CCNCc1nc2ccccc2[nH]1. The minimum absolute atomic E-state index is 0.390. The number of aromatic amines is 1. The van der Waals surface area contributed by atoms with Crippen molar-refractivity contribution >= 4 is 11.0 Å². The first-order valence-corrected chi connectivity index (χ1v) is 6.19. The van der Waals surface area contributed by atoms with Crippen molar-refractivity contribution in [2.45, 2.75) is 33.7 Å². The van der Waals surface area contributed by atoms with Crippen LogP contribution in [0, 0.1) is 5.41 Å². The maximum atomic E-state index is 4.53. The average molecular weight is 231 g/mol. The van der Waals surface area contributed by atoms with Gasteiger partial charge in [0.15, 0.2) is 0 Å². The Hall–Kier alpha value is -1.35. The lowest BCUT2D eigenvalue weighted by atomic mass is 9.92. The number of nitrogens with zero attached hydrogens (tertiary/aromatic N) is 1. The molecule has 17 heavy (non-hydrogen) atoms. The maximum Gasteiger partial charge on any atom is 0.121 e. The summed E-state index contributed by atoms with van der Waals surface area (Å²) >= 11 is 0. The average Bonchev–Trinajstić information content (AvgIpc) is 2.65. The Labute approximate surface area is 103 Å². The van der Waals surface area contributed by atoms with Crippen LogP contribution in [0.5, 0.6) is 0 Å². The van der Waals surface area contributed by atoms with E-state index in [4.69, 9.17) is 0 Å².